The third-order valence-corrected chi connectivity index (χ3v) is 7.74. The summed E-state index contributed by atoms with van der Waals surface area (Å²) in [5.41, 5.74) is 2.37. The lowest BCUT2D eigenvalue weighted by Crippen LogP contribution is -2.45. The Balaban J connectivity index is 1.27. The lowest BCUT2D eigenvalue weighted by atomic mass is 10.0. The first-order chi connectivity index (χ1) is 16.2. The Morgan fingerprint density at radius 3 is 2.82 bits per heavy atom. The number of fused-ring (bicyclic) bond motifs is 3. The van der Waals surface area contributed by atoms with Gasteiger partial charge in [0.1, 0.15) is 16.4 Å². The van der Waals surface area contributed by atoms with E-state index in [9.17, 15) is 4.79 Å². The molecule has 1 fully saturated rings. The molecule has 0 unspecified atom stereocenters. The summed E-state index contributed by atoms with van der Waals surface area (Å²) in [6, 6.07) is 7.61. The average Bonchev–Trinajstić information content (AvgIpc) is 3.55. The van der Waals surface area contributed by atoms with Gasteiger partial charge in [0.05, 0.1) is 5.39 Å². The Hall–Kier alpha value is -3.26. The van der Waals surface area contributed by atoms with E-state index in [-0.39, 0.29) is 11.9 Å². The van der Waals surface area contributed by atoms with Gasteiger partial charge in [-0.15, -0.1) is 11.3 Å². The van der Waals surface area contributed by atoms with E-state index < -0.39 is 0 Å². The topological polar surface area (TPSA) is 84.2 Å². The number of hydrogen-bond acceptors (Lipinski definition) is 7. The maximum atomic E-state index is 12.5. The summed E-state index contributed by atoms with van der Waals surface area (Å²) in [6.07, 6.45) is 8.78. The van der Waals surface area contributed by atoms with Crippen molar-refractivity contribution in [2.45, 2.75) is 45.1 Å². The SMILES string of the molecule is Cc1ccc(C(=O)NC2CCN(c3nc(-c4cccnc4)nc4sc5c(c34)CCC5)CC2)o1. The first kappa shape index (κ1) is 20.4. The van der Waals surface area contributed by atoms with Crippen molar-refractivity contribution in [3.05, 3.63) is 58.6 Å². The van der Waals surface area contributed by atoms with Crippen LogP contribution in [0.3, 0.4) is 0 Å². The van der Waals surface area contributed by atoms with Gasteiger partial charge in [-0.25, -0.2) is 9.97 Å². The van der Waals surface area contributed by atoms with E-state index in [0.717, 1.165) is 66.6 Å². The molecule has 7 nitrogen and oxygen atoms in total. The fourth-order valence-corrected chi connectivity index (χ4v) is 6.13. The number of carbonyl (C=O) groups is 1. The first-order valence-corrected chi connectivity index (χ1v) is 12.3. The zero-order chi connectivity index (χ0) is 22.4. The molecule has 1 aliphatic heterocycles. The van der Waals surface area contributed by atoms with Crippen molar-refractivity contribution in [2.24, 2.45) is 0 Å². The number of aromatic nitrogens is 3. The molecule has 168 valence electrons. The van der Waals surface area contributed by atoms with Crippen molar-refractivity contribution in [2.75, 3.05) is 18.0 Å². The number of hydrogen-bond donors (Lipinski definition) is 1. The highest BCUT2D eigenvalue weighted by Gasteiger charge is 2.28. The van der Waals surface area contributed by atoms with Crippen LogP contribution in [0, 0.1) is 6.92 Å². The number of anilines is 1. The standard InChI is InChI=1S/C25H25N5O2S/c1-15-7-8-19(32-15)24(31)27-17-9-12-30(13-10-17)23-21-18-5-2-6-20(18)33-25(21)29-22(28-23)16-4-3-11-26-14-16/h3-4,7-8,11,14,17H,2,5-6,9-10,12-13H2,1H3,(H,27,31). The molecule has 0 radical (unpaired) electrons. The van der Waals surface area contributed by atoms with Crippen molar-refractivity contribution in [1.82, 2.24) is 20.3 Å². The minimum Gasteiger partial charge on any atom is -0.456 e. The van der Waals surface area contributed by atoms with Crippen LogP contribution in [-0.2, 0) is 12.8 Å². The molecule has 33 heavy (non-hydrogen) atoms. The summed E-state index contributed by atoms with van der Waals surface area (Å²) in [5, 5.41) is 4.36. The van der Waals surface area contributed by atoms with Gasteiger partial charge < -0.3 is 14.6 Å². The minimum absolute atomic E-state index is 0.127. The number of nitrogens with one attached hydrogen (secondary N) is 1. The predicted octanol–water partition coefficient (Wildman–Crippen LogP) is 4.54. The lowest BCUT2D eigenvalue weighted by molar-refractivity contribution is 0.0901. The second-order valence-electron chi connectivity index (χ2n) is 8.80. The van der Waals surface area contributed by atoms with Crippen molar-refractivity contribution < 1.29 is 9.21 Å². The molecule has 1 amide bonds. The number of aryl methyl sites for hydroxylation is 3. The molecule has 0 saturated carbocycles. The molecular weight excluding hydrogens is 434 g/mol. The molecule has 4 aromatic heterocycles. The van der Waals surface area contributed by atoms with E-state index in [1.165, 1.54) is 22.2 Å². The Bertz CT molecular complexity index is 1320. The van der Waals surface area contributed by atoms with Crippen LogP contribution in [0.5, 0.6) is 0 Å². The van der Waals surface area contributed by atoms with E-state index in [0.29, 0.717) is 5.76 Å². The molecule has 1 aliphatic carbocycles. The Morgan fingerprint density at radius 2 is 2.06 bits per heavy atom. The van der Waals surface area contributed by atoms with Gasteiger partial charge >= 0.3 is 0 Å². The number of amides is 1. The molecule has 0 aromatic carbocycles. The van der Waals surface area contributed by atoms with E-state index >= 15 is 0 Å². The predicted molar refractivity (Wildman–Crippen MR) is 129 cm³/mol. The largest absolute Gasteiger partial charge is 0.456 e. The molecule has 4 aromatic rings. The normalized spacial score (nSPS) is 16.3. The molecule has 1 saturated heterocycles. The Kier molecular flexibility index (Phi) is 5.10. The minimum atomic E-state index is -0.138. The van der Waals surface area contributed by atoms with Gasteiger partial charge in [-0.05, 0) is 68.9 Å². The van der Waals surface area contributed by atoms with Crippen molar-refractivity contribution in [1.29, 1.82) is 0 Å². The van der Waals surface area contributed by atoms with Gasteiger partial charge in [-0.2, -0.15) is 0 Å². The fourth-order valence-electron chi connectivity index (χ4n) is 4.88. The number of piperidine rings is 1. The average molecular weight is 460 g/mol. The maximum Gasteiger partial charge on any atom is 0.287 e. The van der Waals surface area contributed by atoms with Crippen LogP contribution in [0.25, 0.3) is 21.6 Å². The maximum absolute atomic E-state index is 12.5. The highest BCUT2D eigenvalue weighted by molar-refractivity contribution is 7.19. The van der Waals surface area contributed by atoms with Gasteiger partial charge in [-0.3, -0.25) is 9.78 Å². The molecule has 1 N–H and O–H groups in total. The zero-order valence-electron chi connectivity index (χ0n) is 18.5. The van der Waals surface area contributed by atoms with Crippen LogP contribution in [0.4, 0.5) is 5.82 Å². The number of rotatable bonds is 4. The molecule has 2 aliphatic rings. The number of nitrogens with zero attached hydrogens (tertiary/aromatic N) is 4. The van der Waals surface area contributed by atoms with E-state index in [1.54, 1.807) is 12.3 Å². The highest BCUT2D eigenvalue weighted by atomic mass is 32.1. The summed E-state index contributed by atoms with van der Waals surface area (Å²) in [7, 11) is 0. The summed E-state index contributed by atoms with van der Waals surface area (Å²) < 4.78 is 5.47. The Morgan fingerprint density at radius 1 is 1.18 bits per heavy atom. The zero-order valence-corrected chi connectivity index (χ0v) is 19.3. The smallest absolute Gasteiger partial charge is 0.287 e. The second kappa shape index (κ2) is 8.26. The van der Waals surface area contributed by atoms with Crippen molar-refractivity contribution >= 4 is 33.3 Å². The van der Waals surface area contributed by atoms with Crippen LogP contribution in [0.1, 0.15) is 46.0 Å². The van der Waals surface area contributed by atoms with E-state index in [2.05, 4.69) is 15.2 Å². The van der Waals surface area contributed by atoms with Crippen LogP contribution < -0.4 is 10.2 Å². The third-order valence-electron chi connectivity index (χ3n) is 6.56. The fraction of sp³-hybridized carbons (Fsp3) is 0.360. The van der Waals surface area contributed by atoms with Gasteiger partial charge in [0, 0.05) is 42.0 Å². The molecule has 0 atom stereocenters. The summed E-state index contributed by atoms with van der Waals surface area (Å²) >= 11 is 1.82. The summed E-state index contributed by atoms with van der Waals surface area (Å²) in [6.45, 7) is 3.52. The quantitative estimate of drug-likeness (QED) is 0.482. The molecular formula is C25H25N5O2S. The molecule has 6 rings (SSSR count). The van der Waals surface area contributed by atoms with Crippen LogP contribution >= 0.6 is 11.3 Å². The van der Waals surface area contributed by atoms with Crippen LogP contribution in [0.2, 0.25) is 0 Å². The van der Waals surface area contributed by atoms with E-state index in [4.69, 9.17) is 14.4 Å². The molecule has 5 heterocycles. The summed E-state index contributed by atoms with van der Waals surface area (Å²) in [5.74, 6) is 2.75. The first-order valence-electron chi connectivity index (χ1n) is 11.5. The van der Waals surface area contributed by atoms with Gasteiger partial charge in [-0.1, -0.05) is 0 Å². The molecule has 0 bridgehead atoms. The number of thiophene rings is 1. The van der Waals surface area contributed by atoms with Crippen molar-refractivity contribution in [3.8, 4) is 11.4 Å². The monoisotopic (exact) mass is 459 g/mol. The van der Waals surface area contributed by atoms with Gasteiger partial charge in [0.25, 0.3) is 5.91 Å². The molecule has 0 spiro atoms. The van der Waals surface area contributed by atoms with Crippen LogP contribution in [0.15, 0.2) is 41.1 Å². The number of pyridine rings is 1. The Labute approximate surface area is 195 Å². The summed E-state index contributed by atoms with van der Waals surface area (Å²) in [4.78, 5) is 31.7. The second-order valence-corrected chi connectivity index (χ2v) is 9.88. The van der Waals surface area contributed by atoms with Gasteiger partial charge in [0.15, 0.2) is 11.6 Å². The lowest BCUT2D eigenvalue weighted by Gasteiger charge is -2.33. The highest BCUT2D eigenvalue weighted by Crippen LogP contribution is 2.42. The number of furan rings is 1. The van der Waals surface area contributed by atoms with Gasteiger partial charge in [0.2, 0.25) is 0 Å². The molecule has 8 heteroatoms. The van der Waals surface area contributed by atoms with Crippen molar-refractivity contribution in [3.63, 3.8) is 0 Å². The van der Waals surface area contributed by atoms with E-state index in [1.807, 2.05) is 42.7 Å². The number of carbonyl (C=O) groups excluding carboxylic acids is 1. The third kappa shape index (κ3) is 3.78. The van der Waals surface area contributed by atoms with Crippen LogP contribution in [-0.4, -0.2) is 40.0 Å².